The van der Waals surface area contributed by atoms with E-state index >= 15 is 0 Å². The number of thiophene rings is 1. The molecule has 1 saturated carbocycles. The second kappa shape index (κ2) is 7.25. The van der Waals surface area contributed by atoms with E-state index < -0.39 is 0 Å². The van der Waals surface area contributed by atoms with Crippen molar-refractivity contribution in [2.45, 2.75) is 51.9 Å². The topological polar surface area (TPSA) is 28.4 Å². The second-order valence-electron chi connectivity index (χ2n) is 5.81. The Morgan fingerprint density at radius 1 is 1.33 bits per heavy atom. The van der Waals surface area contributed by atoms with Gasteiger partial charge in [-0.3, -0.25) is 4.90 Å². The molecule has 3 rings (SSSR count). The van der Waals surface area contributed by atoms with Gasteiger partial charge in [-0.05, 0) is 54.3 Å². The third kappa shape index (κ3) is 4.19. The number of nitrogens with one attached hydrogen (secondary N) is 1. The van der Waals surface area contributed by atoms with Crippen LogP contribution in [0, 0.1) is 0 Å². The van der Waals surface area contributed by atoms with Gasteiger partial charge in [0, 0.05) is 24.7 Å². The van der Waals surface area contributed by atoms with Crippen molar-refractivity contribution in [1.82, 2.24) is 10.2 Å². The summed E-state index contributed by atoms with van der Waals surface area (Å²) in [5.74, 6) is 1.10. The summed E-state index contributed by atoms with van der Waals surface area (Å²) in [6.07, 6.45) is 5.66. The summed E-state index contributed by atoms with van der Waals surface area (Å²) in [7, 11) is 0. The second-order valence-corrected chi connectivity index (χ2v) is 6.59. The first-order chi connectivity index (χ1) is 10.4. The molecule has 21 heavy (non-hydrogen) atoms. The predicted octanol–water partition coefficient (Wildman–Crippen LogP) is 4.01. The van der Waals surface area contributed by atoms with Gasteiger partial charge in [-0.15, -0.1) is 0 Å². The Labute approximate surface area is 131 Å². The third-order valence-corrected chi connectivity index (χ3v) is 4.68. The largest absolute Gasteiger partial charge is 0.468 e. The lowest BCUT2D eigenvalue weighted by Crippen LogP contribution is -2.25. The number of nitrogens with zero attached hydrogens (tertiary/aromatic N) is 1. The molecule has 4 heteroatoms. The molecule has 114 valence electrons. The van der Waals surface area contributed by atoms with Gasteiger partial charge < -0.3 is 9.73 Å². The summed E-state index contributed by atoms with van der Waals surface area (Å²) >= 11 is 1.78. The van der Waals surface area contributed by atoms with Crippen LogP contribution in [0.3, 0.4) is 0 Å². The molecule has 1 aliphatic carbocycles. The van der Waals surface area contributed by atoms with Crippen LogP contribution in [0.4, 0.5) is 0 Å². The normalized spacial score (nSPS) is 15.0. The fraction of sp³-hybridized carbons (Fsp3) is 0.529. The molecule has 0 amide bonds. The monoisotopic (exact) mass is 304 g/mol. The summed E-state index contributed by atoms with van der Waals surface area (Å²) in [6, 6.07) is 5.13. The van der Waals surface area contributed by atoms with Crippen LogP contribution in [-0.4, -0.2) is 17.5 Å². The quantitative estimate of drug-likeness (QED) is 0.710. The van der Waals surface area contributed by atoms with Gasteiger partial charge in [-0.1, -0.05) is 6.92 Å². The highest BCUT2D eigenvalue weighted by molar-refractivity contribution is 7.07. The van der Waals surface area contributed by atoms with Crippen LogP contribution in [0.25, 0.3) is 0 Å². The van der Waals surface area contributed by atoms with Gasteiger partial charge >= 0.3 is 0 Å². The van der Waals surface area contributed by atoms with Gasteiger partial charge in [0.25, 0.3) is 0 Å². The van der Waals surface area contributed by atoms with Gasteiger partial charge in [-0.25, -0.2) is 0 Å². The van der Waals surface area contributed by atoms with E-state index in [1.54, 1.807) is 11.3 Å². The van der Waals surface area contributed by atoms with E-state index in [-0.39, 0.29) is 0 Å². The summed E-state index contributed by atoms with van der Waals surface area (Å²) in [6.45, 7) is 6.13. The molecule has 0 unspecified atom stereocenters. The standard InChI is InChI=1S/C17H24N2OS/c1-2-7-18-10-17-15(5-8-20-17)12-19(16-3-4-16)11-14-6-9-21-13-14/h5-6,8-9,13,16,18H,2-4,7,10-12H2,1H3. The lowest BCUT2D eigenvalue weighted by Gasteiger charge is -2.21. The Kier molecular flexibility index (Phi) is 5.12. The summed E-state index contributed by atoms with van der Waals surface area (Å²) in [5.41, 5.74) is 2.77. The maximum atomic E-state index is 5.66. The maximum absolute atomic E-state index is 5.66. The Hall–Kier alpha value is -1.10. The molecule has 0 bridgehead atoms. The molecular weight excluding hydrogens is 280 g/mol. The molecule has 3 nitrogen and oxygen atoms in total. The molecule has 1 N–H and O–H groups in total. The fourth-order valence-corrected chi connectivity index (χ4v) is 3.29. The van der Waals surface area contributed by atoms with Crippen LogP contribution in [0.2, 0.25) is 0 Å². The van der Waals surface area contributed by atoms with E-state index in [2.05, 4.69) is 40.0 Å². The first kappa shape index (κ1) is 14.8. The Balaban J connectivity index is 1.61. The molecule has 1 fully saturated rings. The minimum Gasteiger partial charge on any atom is -0.468 e. The minimum atomic E-state index is 0.760. The van der Waals surface area contributed by atoms with Gasteiger partial charge in [-0.2, -0.15) is 11.3 Å². The van der Waals surface area contributed by atoms with Crippen LogP contribution < -0.4 is 5.32 Å². The minimum absolute atomic E-state index is 0.760. The zero-order valence-electron chi connectivity index (χ0n) is 12.7. The number of rotatable bonds is 9. The molecule has 1 aliphatic rings. The van der Waals surface area contributed by atoms with Crippen molar-refractivity contribution in [3.8, 4) is 0 Å². The average Bonchev–Trinajstić information content (AvgIpc) is 3.04. The number of hydrogen-bond donors (Lipinski definition) is 1. The van der Waals surface area contributed by atoms with Crippen molar-refractivity contribution in [3.05, 3.63) is 46.0 Å². The van der Waals surface area contributed by atoms with Crippen molar-refractivity contribution in [2.24, 2.45) is 0 Å². The molecule has 0 spiro atoms. The predicted molar refractivity (Wildman–Crippen MR) is 87.3 cm³/mol. The Bertz CT molecular complexity index is 531. The smallest absolute Gasteiger partial charge is 0.122 e. The van der Waals surface area contributed by atoms with Crippen LogP contribution in [0.1, 0.15) is 43.1 Å². The van der Waals surface area contributed by atoms with Crippen molar-refractivity contribution in [2.75, 3.05) is 6.54 Å². The van der Waals surface area contributed by atoms with Gasteiger partial charge in [0.2, 0.25) is 0 Å². The molecule has 0 aromatic carbocycles. The van der Waals surface area contributed by atoms with Crippen molar-refractivity contribution in [3.63, 3.8) is 0 Å². The summed E-state index contributed by atoms with van der Waals surface area (Å²) < 4.78 is 5.66. The number of furan rings is 1. The van der Waals surface area contributed by atoms with E-state index in [0.29, 0.717) is 0 Å². The number of hydrogen-bond acceptors (Lipinski definition) is 4. The van der Waals surface area contributed by atoms with E-state index in [4.69, 9.17) is 4.42 Å². The highest BCUT2D eigenvalue weighted by Gasteiger charge is 2.29. The van der Waals surface area contributed by atoms with E-state index in [1.165, 1.54) is 24.0 Å². The molecular formula is C17H24N2OS. The molecule has 0 radical (unpaired) electrons. The fourth-order valence-electron chi connectivity index (χ4n) is 2.63. The van der Waals surface area contributed by atoms with E-state index in [1.807, 2.05) is 6.26 Å². The maximum Gasteiger partial charge on any atom is 0.122 e. The molecule has 2 heterocycles. The molecule has 0 aliphatic heterocycles. The van der Waals surface area contributed by atoms with E-state index in [0.717, 1.165) is 44.4 Å². The summed E-state index contributed by atoms with van der Waals surface area (Å²) in [5, 5.41) is 7.85. The zero-order valence-corrected chi connectivity index (χ0v) is 13.5. The van der Waals surface area contributed by atoms with Crippen LogP contribution in [0.5, 0.6) is 0 Å². The molecule has 0 atom stereocenters. The average molecular weight is 304 g/mol. The van der Waals surface area contributed by atoms with Gasteiger partial charge in [0.15, 0.2) is 0 Å². The Morgan fingerprint density at radius 2 is 2.24 bits per heavy atom. The first-order valence-electron chi connectivity index (χ1n) is 7.88. The lowest BCUT2D eigenvalue weighted by atomic mass is 10.2. The van der Waals surface area contributed by atoms with Crippen molar-refractivity contribution < 1.29 is 4.42 Å². The first-order valence-corrected chi connectivity index (χ1v) is 8.82. The highest BCUT2D eigenvalue weighted by Crippen LogP contribution is 2.30. The molecule has 2 aromatic rings. The van der Waals surface area contributed by atoms with Crippen LogP contribution in [-0.2, 0) is 19.6 Å². The van der Waals surface area contributed by atoms with Crippen LogP contribution >= 0.6 is 11.3 Å². The summed E-state index contributed by atoms with van der Waals surface area (Å²) in [4.78, 5) is 2.59. The van der Waals surface area contributed by atoms with Crippen LogP contribution in [0.15, 0.2) is 33.6 Å². The Morgan fingerprint density at radius 3 is 2.95 bits per heavy atom. The molecule has 0 saturated heterocycles. The van der Waals surface area contributed by atoms with Gasteiger partial charge in [0.05, 0.1) is 12.8 Å². The van der Waals surface area contributed by atoms with Crippen molar-refractivity contribution in [1.29, 1.82) is 0 Å². The highest BCUT2D eigenvalue weighted by atomic mass is 32.1. The van der Waals surface area contributed by atoms with E-state index in [9.17, 15) is 0 Å². The molecule has 2 aromatic heterocycles. The third-order valence-electron chi connectivity index (χ3n) is 3.95. The SMILES string of the molecule is CCCNCc1occc1CN(Cc1ccsc1)C1CC1. The van der Waals surface area contributed by atoms with Gasteiger partial charge in [0.1, 0.15) is 5.76 Å². The van der Waals surface area contributed by atoms with Crippen molar-refractivity contribution >= 4 is 11.3 Å². The lowest BCUT2D eigenvalue weighted by molar-refractivity contribution is 0.243. The zero-order chi connectivity index (χ0) is 14.5.